The zero-order valence-electron chi connectivity index (χ0n) is 11.7. The van der Waals surface area contributed by atoms with E-state index in [-0.39, 0.29) is 12.6 Å². The number of halogens is 1. The van der Waals surface area contributed by atoms with Crippen molar-refractivity contribution in [3.8, 4) is 0 Å². The topological polar surface area (TPSA) is 46.5 Å². The summed E-state index contributed by atoms with van der Waals surface area (Å²) in [7, 11) is 0. The number of hydrogen-bond donors (Lipinski definition) is 1. The third-order valence-corrected chi connectivity index (χ3v) is 3.65. The van der Waals surface area contributed by atoms with Gasteiger partial charge >= 0.3 is 5.97 Å². The van der Waals surface area contributed by atoms with Crippen LogP contribution in [0.5, 0.6) is 0 Å². The summed E-state index contributed by atoms with van der Waals surface area (Å²) in [5.41, 5.74) is 0.735. The second-order valence-corrected chi connectivity index (χ2v) is 5.29. The molecular formula is C17H17ClO3. The van der Waals surface area contributed by atoms with E-state index < -0.39 is 11.0 Å². The van der Waals surface area contributed by atoms with Gasteiger partial charge in [0.15, 0.2) is 0 Å². The molecule has 0 radical (unpaired) electrons. The van der Waals surface area contributed by atoms with E-state index in [9.17, 15) is 9.90 Å². The fraction of sp³-hybridized carbons (Fsp3) is 0.235. The minimum Gasteiger partial charge on any atom is -0.462 e. The number of allylic oxidation sites excluding steroid dienone is 2. The average Bonchev–Trinajstić information content (AvgIpc) is 2.48. The summed E-state index contributed by atoms with van der Waals surface area (Å²) in [6.45, 7) is 1.45. The highest BCUT2D eigenvalue weighted by molar-refractivity contribution is 6.23. The standard InChI is InChI=1S/C17H17ClO3/c1-13(19)21-11-5-9-17(20)10-8-15(12-16(17)18)14-6-3-2-4-7-14/h2-10,12,16,20H,11H2,1H3. The van der Waals surface area contributed by atoms with E-state index in [0.717, 1.165) is 11.1 Å². The van der Waals surface area contributed by atoms with Crippen molar-refractivity contribution in [3.63, 3.8) is 0 Å². The number of carbonyl (C=O) groups excluding carboxylic acids is 1. The molecule has 1 aromatic rings. The van der Waals surface area contributed by atoms with Crippen molar-refractivity contribution in [2.75, 3.05) is 6.61 Å². The molecule has 2 atom stereocenters. The van der Waals surface area contributed by atoms with Gasteiger partial charge in [-0.3, -0.25) is 4.79 Å². The van der Waals surface area contributed by atoms with Crippen molar-refractivity contribution in [1.82, 2.24) is 0 Å². The quantitative estimate of drug-likeness (QED) is 0.528. The van der Waals surface area contributed by atoms with Crippen LogP contribution in [-0.4, -0.2) is 28.7 Å². The van der Waals surface area contributed by atoms with Gasteiger partial charge in [0, 0.05) is 6.92 Å². The lowest BCUT2D eigenvalue weighted by molar-refractivity contribution is -0.139. The van der Waals surface area contributed by atoms with Gasteiger partial charge in [0.2, 0.25) is 0 Å². The predicted octanol–water partition coefficient (Wildman–Crippen LogP) is 3.10. The second-order valence-electron chi connectivity index (χ2n) is 4.82. The first-order chi connectivity index (χ1) is 10.0. The maximum absolute atomic E-state index is 10.7. The molecule has 0 saturated heterocycles. The number of esters is 1. The van der Waals surface area contributed by atoms with Crippen molar-refractivity contribution < 1.29 is 14.6 Å². The minimum absolute atomic E-state index is 0.115. The van der Waals surface area contributed by atoms with Crippen LogP contribution >= 0.6 is 11.6 Å². The highest BCUT2D eigenvalue weighted by atomic mass is 35.5. The molecule has 1 aliphatic rings. The van der Waals surface area contributed by atoms with Gasteiger partial charge in [-0.1, -0.05) is 42.5 Å². The molecule has 0 aromatic heterocycles. The molecule has 0 heterocycles. The lowest BCUT2D eigenvalue weighted by atomic mass is 9.89. The smallest absolute Gasteiger partial charge is 0.302 e. The molecule has 0 spiro atoms. The van der Waals surface area contributed by atoms with E-state index in [1.165, 1.54) is 6.92 Å². The van der Waals surface area contributed by atoms with E-state index in [4.69, 9.17) is 16.3 Å². The second kappa shape index (κ2) is 6.74. The summed E-state index contributed by atoms with van der Waals surface area (Å²) in [5, 5.41) is 9.89. The summed E-state index contributed by atoms with van der Waals surface area (Å²) in [6, 6.07) is 9.82. The van der Waals surface area contributed by atoms with Crippen LogP contribution in [0.3, 0.4) is 0 Å². The summed E-state index contributed by atoms with van der Waals surface area (Å²) in [6.07, 6.45) is 8.43. The molecule has 110 valence electrons. The Balaban J connectivity index is 2.08. The first-order valence-corrected chi connectivity index (χ1v) is 7.09. The van der Waals surface area contributed by atoms with Gasteiger partial charge in [0.25, 0.3) is 0 Å². The maximum Gasteiger partial charge on any atom is 0.302 e. The molecule has 0 amide bonds. The summed E-state index contributed by atoms with van der Waals surface area (Å²) in [5.74, 6) is -0.362. The molecule has 2 rings (SSSR count). The summed E-state index contributed by atoms with van der Waals surface area (Å²) < 4.78 is 4.78. The zero-order chi connectivity index (χ0) is 15.3. The highest BCUT2D eigenvalue weighted by Gasteiger charge is 2.31. The summed E-state index contributed by atoms with van der Waals surface area (Å²) in [4.78, 5) is 10.7. The van der Waals surface area contributed by atoms with Crippen molar-refractivity contribution in [2.24, 2.45) is 0 Å². The minimum atomic E-state index is -1.28. The molecule has 0 fully saturated rings. The largest absolute Gasteiger partial charge is 0.462 e. The molecule has 1 N–H and O–H groups in total. The molecular weight excluding hydrogens is 288 g/mol. The van der Waals surface area contributed by atoms with Crippen LogP contribution < -0.4 is 0 Å². The Bertz CT molecular complexity index is 589. The van der Waals surface area contributed by atoms with Crippen molar-refractivity contribution in [3.05, 3.63) is 66.3 Å². The van der Waals surface area contributed by atoms with Crippen LogP contribution in [0.15, 0.2) is 60.7 Å². The van der Waals surface area contributed by atoms with Crippen LogP contribution in [0, 0.1) is 0 Å². The molecule has 3 nitrogen and oxygen atoms in total. The van der Waals surface area contributed by atoms with Gasteiger partial charge in [-0.25, -0.2) is 0 Å². The number of ether oxygens (including phenoxy) is 1. The van der Waals surface area contributed by atoms with Crippen LogP contribution in [-0.2, 0) is 9.53 Å². The van der Waals surface area contributed by atoms with Gasteiger partial charge in [-0.2, -0.15) is 0 Å². The third-order valence-electron chi connectivity index (χ3n) is 3.17. The third kappa shape index (κ3) is 4.06. The normalized spacial score (nSPS) is 24.9. The lowest BCUT2D eigenvalue weighted by Crippen LogP contribution is -2.35. The molecule has 0 aliphatic heterocycles. The molecule has 0 bridgehead atoms. The number of carbonyl (C=O) groups is 1. The van der Waals surface area contributed by atoms with E-state index in [1.54, 1.807) is 18.2 Å². The fourth-order valence-electron chi connectivity index (χ4n) is 2.03. The number of benzene rings is 1. The Hall–Kier alpha value is -1.84. The SMILES string of the molecule is CC(=O)OCC=CC1(O)C=CC(c2ccccc2)=CC1Cl. The van der Waals surface area contributed by atoms with Crippen molar-refractivity contribution >= 4 is 23.1 Å². The van der Waals surface area contributed by atoms with Crippen molar-refractivity contribution in [1.29, 1.82) is 0 Å². The van der Waals surface area contributed by atoms with Crippen LogP contribution in [0.1, 0.15) is 12.5 Å². The first kappa shape index (κ1) is 15.5. The van der Waals surface area contributed by atoms with Crippen LogP contribution in [0.25, 0.3) is 5.57 Å². The Kier molecular flexibility index (Phi) is 4.99. The molecule has 0 saturated carbocycles. The molecule has 4 heteroatoms. The molecule has 1 aromatic carbocycles. The van der Waals surface area contributed by atoms with E-state index in [2.05, 4.69) is 0 Å². The zero-order valence-corrected chi connectivity index (χ0v) is 12.5. The Labute approximate surface area is 129 Å². The van der Waals surface area contributed by atoms with E-state index in [0.29, 0.717) is 0 Å². The molecule has 21 heavy (non-hydrogen) atoms. The van der Waals surface area contributed by atoms with E-state index in [1.807, 2.05) is 42.5 Å². The van der Waals surface area contributed by atoms with Crippen LogP contribution in [0.4, 0.5) is 0 Å². The highest BCUT2D eigenvalue weighted by Crippen LogP contribution is 2.31. The number of alkyl halides is 1. The Morgan fingerprint density at radius 3 is 2.76 bits per heavy atom. The first-order valence-electron chi connectivity index (χ1n) is 6.65. The van der Waals surface area contributed by atoms with Gasteiger partial charge in [0.05, 0.1) is 5.38 Å². The van der Waals surface area contributed by atoms with Gasteiger partial charge < -0.3 is 9.84 Å². The number of aliphatic hydroxyl groups is 1. The lowest BCUT2D eigenvalue weighted by Gasteiger charge is -2.28. The summed E-state index contributed by atoms with van der Waals surface area (Å²) >= 11 is 6.27. The fourth-order valence-corrected chi connectivity index (χ4v) is 2.32. The van der Waals surface area contributed by atoms with Crippen molar-refractivity contribution in [2.45, 2.75) is 17.9 Å². The van der Waals surface area contributed by atoms with Gasteiger partial charge in [-0.15, -0.1) is 11.6 Å². The van der Waals surface area contributed by atoms with E-state index >= 15 is 0 Å². The predicted molar refractivity (Wildman–Crippen MR) is 83.9 cm³/mol. The van der Waals surface area contributed by atoms with Gasteiger partial charge in [0.1, 0.15) is 12.2 Å². The molecule has 2 unspecified atom stereocenters. The monoisotopic (exact) mass is 304 g/mol. The Morgan fingerprint density at radius 2 is 2.14 bits per heavy atom. The maximum atomic E-state index is 10.7. The molecule has 1 aliphatic carbocycles. The van der Waals surface area contributed by atoms with Gasteiger partial charge in [-0.05, 0) is 29.4 Å². The number of rotatable bonds is 4. The Morgan fingerprint density at radius 1 is 1.43 bits per heavy atom. The number of hydrogen-bond acceptors (Lipinski definition) is 3. The average molecular weight is 305 g/mol. The van der Waals surface area contributed by atoms with Crippen LogP contribution in [0.2, 0.25) is 0 Å².